The third kappa shape index (κ3) is 2.24. The van der Waals surface area contributed by atoms with E-state index in [2.05, 4.69) is 35.1 Å². The van der Waals surface area contributed by atoms with Crippen LogP contribution in [-0.2, 0) is 0 Å². The number of nitrogens with zero attached hydrogens (tertiary/aromatic N) is 2. The maximum atomic E-state index is 5.88. The zero-order chi connectivity index (χ0) is 13.4. The van der Waals surface area contributed by atoms with Crippen molar-refractivity contribution in [3.8, 4) is 11.3 Å². The molecule has 0 unspecified atom stereocenters. The minimum atomic E-state index is 0.730. The average molecular weight is 244 g/mol. The van der Waals surface area contributed by atoms with E-state index in [-0.39, 0.29) is 0 Å². The molecule has 3 aromatic rings. The Morgan fingerprint density at radius 2 is 1.79 bits per heavy atom. The standard InChI is InChI=1S/C16H13BN2/c1-10-4-3-5-12(8-10)16-14-9-13(17)6-7-15(14)18-11(2)19-16/h3-9H,1-2H3. The molecule has 3 rings (SSSR count). The van der Waals surface area contributed by atoms with Gasteiger partial charge in [-0.1, -0.05) is 41.4 Å². The monoisotopic (exact) mass is 244 g/mol. The van der Waals surface area contributed by atoms with Gasteiger partial charge in [0.05, 0.1) is 11.2 Å². The van der Waals surface area contributed by atoms with Gasteiger partial charge >= 0.3 is 0 Å². The molecule has 1 heterocycles. The lowest BCUT2D eigenvalue weighted by molar-refractivity contribution is 1.10. The first kappa shape index (κ1) is 11.9. The lowest BCUT2D eigenvalue weighted by atomic mass is 9.93. The highest BCUT2D eigenvalue weighted by molar-refractivity contribution is 6.33. The van der Waals surface area contributed by atoms with Crippen LogP contribution in [0.4, 0.5) is 0 Å². The van der Waals surface area contributed by atoms with Crippen molar-refractivity contribution in [3.63, 3.8) is 0 Å². The molecule has 0 fully saturated rings. The highest BCUT2D eigenvalue weighted by Gasteiger charge is 2.08. The largest absolute Gasteiger partial charge is 0.233 e. The molecule has 0 atom stereocenters. The van der Waals surface area contributed by atoms with E-state index < -0.39 is 0 Å². The van der Waals surface area contributed by atoms with Crippen LogP contribution in [-0.4, -0.2) is 17.8 Å². The first-order chi connectivity index (χ1) is 9.13. The molecule has 0 aliphatic heterocycles. The Bertz CT molecular complexity index is 766. The smallest absolute Gasteiger partial charge is 0.126 e. The van der Waals surface area contributed by atoms with E-state index in [1.165, 1.54) is 5.56 Å². The summed E-state index contributed by atoms with van der Waals surface area (Å²) in [6.07, 6.45) is 0. The van der Waals surface area contributed by atoms with Crippen molar-refractivity contribution in [2.75, 3.05) is 0 Å². The van der Waals surface area contributed by atoms with Crippen LogP contribution in [0, 0.1) is 13.8 Å². The van der Waals surface area contributed by atoms with Gasteiger partial charge in [0.2, 0.25) is 0 Å². The van der Waals surface area contributed by atoms with Gasteiger partial charge in [-0.15, -0.1) is 0 Å². The van der Waals surface area contributed by atoms with Crippen LogP contribution in [0.15, 0.2) is 42.5 Å². The average Bonchev–Trinajstić information content (AvgIpc) is 2.38. The third-order valence-corrected chi connectivity index (χ3v) is 3.12. The molecule has 0 bridgehead atoms. The van der Waals surface area contributed by atoms with Crippen LogP contribution in [0.3, 0.4) is 0 Å². The maximum absolute atomic E-state index is 5.88. The second-order valence-electron chi connectivity index (χ2n) is 4.77. The fraction of sp³-hybridized carbons (Fsp3) is 0.125. The van der Waals surface area contributed by atoms with Gasteiger partial charge in [-0.05, 0) is 26.0 Å². The van der Waals surface area contributed by atoms with Gasteiger partial charge < -0.3 is 0 Å². The number of rotatable bonds is 1. The van der Waals surface area contributed by atoms with Crippen molar-refractivity contribution in [1.82, 2.24) is 9.97 Å². The molecule has 19 heavy (non-hydrogen) atoms. The van der Waals surface area contributed by atoms with Crippen molar-refractivity contribution < 1.29 is 0 Å². The predicted molar refractivity (Wildman–Crippen MR) is 79.8 cm³/mol. The highest BCUT2D eigenvalue weighted by Crippen LogP contribution is 2.25. The number of hydrogen-bond donors (Lipinski definition) is 0. The number of aromatic nitrogens is 2. The zero-order valence-electron chi connectivity index (χ0n) is 11.0. The van der Waals surface area contributed by atoms with Gasteiger partial charge in [-0.2, -0.15) is 0 Å². The van der Waals surface area contributed by atoms with Crippen LogP contribution < -0.4 is 5.46 Å². The summed E-state index contributed by atoms with van der Waals surface area (Å²) >= 11 is 0. The Labute approximate surface area is 113 Å². The first-order valence-electron chi connectivity index (χ1n) is 6.24. The van der Waals surface area contributed by atoms with E-state index in [4.69, 9.17) is 7.85 Å². The summed E-state index contributed by atoms with van der Waals surface area (Å²) in [6.45, 7) is 3.99. The van der Waals surface area contributed by atoms with Gasteiger partial charge in [-0.3, -0.25) is 0 Å². The van der Waals surface area contributed by atoms with Crippen LogP contribution in [0.5, 0.6) is 0 Å². The SMILES string of the molecule is [B]c1ccc2nc(C)nc(-c3cccc(C)c3)c2c1. The lowest BCUT2D eigenvalue weighted by Crippen LogP contribution is -2.03. The predicted octanol–water partition coefficient (Wildman–Crippen LogP) is 2.71. The van der Waals surface area contributed by atoms with Crippen LogP contribution in [0.25, 0.3) is 22.2 Å². The molecule has 0 saturated carbocycles. The Hall–Kier alpha value is -2.16. The fourth-order valence-electron chi connectivity index (χ4n) is 2.27. The van der Waals surface area contributed by atoms with Crippen LogP contribution >= 0.6 is 0 Å². The molecule has 2 aromatic carbocycles. The number of hydrogen-bond acceptors (Lipinski definition) is 2. The Balaban J connectivity index is 2.36. The summed E-state index contributed by atoms with van der Waals surface area (Å²) in [5.74, 6) is 0.772. The summed E-state index contributed by atoms with van der Waals surface area (Å²) in [5.41, 5.74) is 4.91. The second kappa shape index (κ2) is 4.50. The van der Waals surface area contributed by atoms with Crippen molar-refractivity contribution in [2.45, 2.75) is 13.8 Å². The summed E-state index contributed by atoms with van der Waals surface area (Å²) in [6, 6.07) is 14.1. The molecule has 0 N–H and O–H groups in total. The topological polar surface area (TPSA) is 25.8 Å². The molecule has 1 aromatic heterocycles. The quantitative estimate of drug-likeness (QED) is 0.615. The zero-order valence-corrected chi connectivity index (χ0v) is 11.0. The molecule has 90 valence electrons. The minimum absolute atomic E-state index is 0.730. The Morgan fingerprint density at radius 3 is 2.58 bits per heavy atom. The summed E-state index contributed by atoms with van der Waals surface area (Å²) < 4.78 is 0. The molecule has 0 saturated heterocycles. The van der Waals surface area contributed by atoms with E-state index in [9.17, 15) is 0 Å². The summed E-state index contributed by atoms with van der Waals surface area (Å²) in [4.78, 5) is 9.05. The normalized spacial score (nSPS) is 10.8. The van der Waals surface area contributed by atoms with E-state index in [1.807, 2.05) is 31.2 Å². The first-order valence-corrected chi connectivity index (χ1v) is 6.24. The molecular formula is C16H13BN2. The van der Waals surface area contributed by atoms with Crippen molar-refractivity contribution in [2.24, 2.45) is 0 Å². The molecule has 0 spiro atoms. The molecule has 3 heteroatoms. The summed E-state index contributed by atoms with van der Waals surface area (Å²) in [5, 5.41) is 0.996. The van der Waals surface area contributed by atoms with Crippen molar-refractivity contribution in [1.29, 1.82) is 0 Å². The molecule has 2 radical (unpaired) electrons. The highest BCUT2D eigenvalue weighted by atomic mass is 14.9. The number of aryl methyl sites for hydroxylation is 2. The second-order valence-corrected chi connectivity index (χ2v) is 4.77. The van der Waals surface area contributed by atoms with E-state index in [1.54, 1.807) is 0 Å². The molecule has 0 amide bonds. The van der Waals surface area contributed by atoms with Gasteiger partial charge in [0.1, 0.15) is 13.7 Å². The Morgan fingerprint density at radius 1 is 0.947 bits per heavy atom. The van der Waals surface area contributed by atoms with E-state index in [0.29, 0.717) is 0 Å². The van der Waals surface area contributed by atoms with Crippen molar-refractivity contribution in [3.05, 3.63) is 53.9 Å². The minimum Gasteiger partial charge on any atom is -0.233 e. The van der Waals surface area contributed by atoms with Gasteiger partial charge in [-0.25, -0.2) is 9.97 Å². The van der Waals surface area contributed by atoms with Crippen molar-refractivity contribution >= 4 is 24.2 Å². The molecular weight excluding hydrogens is 231 g/mol. The van der Waals surface area contributed by atoms with E-state index >= 15 is 0 Å². The molecule has 2 nitrogen and oxygen atoms in total. The molecule has 0 aliphatic carbocycles. The van der Waals surface area contributed by atoms with Gasteiger partial charge in [0, 0.05) is 10.9 Å². The molecule has 0 aliphatic rings. The summed E-state index contributed by atoms with van der Waals surface area (Å²) in [7, 11) is 5.88. The van der Waals surface area contributed by atoms with E-state index in [0.717, 1.165) is 33.4 Å². The van der Waals surface area contributed by atoms with Gasteiger partial charge in [0.15, 0.2) is 0 Å². The van der Waals surface area contributed by atoms with Gasteiger partial charge in [0.25, 0.3) is 0 Å². The fourth-order valence-corrected chi connectivity index (χ4v) is 2.27. The lowest BCUT2D eigenvalue weighted by Gasteiger charge is -2.08. The number of fused-ring (bicyclic) bond motifs is 1. The Kier molecular flexibility index (Phi) is 2.82. The number of benzene rings is 2. The third-order valence-electron chi connectivity index (χ3n) is 3.12. The maximum Gasteiger partial charge on any atom is 0.126 e. The van der Waals surface area contributed by atoms with Crippen LogP contribution in [0.1, 0.15) is 11.4 Å². The van der Waals surface area contributed by atoms with Crippen LogP contribution in [0.2, 0.25) is 0 Å².